The van der Waals surface area contributed by atoms with Crippen LogP contribution in [-0.4, -0.2) is 32.6 Å². The number of nitrogens with zero attached hydrogens (tertiary/aromatic N) is 3. The smallest absolute Gasteiger partial charge is 0.308 e. The van der Waals surface area contributed by atoms with Crippen molar-refractivity contribution in [2.45, 2.75) is 6.92 Å². The van der Waals surface area contributed by atoms with Crippen LogP contribution in [0.5, 0.6) is 11.5 Å². The number of carboxylic acids is 1. The predicted molar refractivity (Wildman–Crippen MR) is 115 cm³/mol. The number of carbonyl (C=O) groups is 1. The van der Waals surface area contributed by atoms with E-state index in [2.05, 4.69) is 20.3 Å². The van der Waals surface area contributed by atoms with Crippen LogP contribution in [0, 0.1) is 5.92 Å². The summed E-state index contributed by atoms with van der Waals surface area (Å²) in [6.45, 7) is 1.79. The molecule has 156 valence electrons. The first-order valence-corrected chi connectivity index (χ1v) is 9.66. The minimum Gasteiger partial charge on any atom is -0.481 e. The lowest BCUT2D eigenvalue weighted by Crippen LogP contribution is -2.19. The molecule has 8 nitrogen and oxygen atoms in total. The van der Waals surface area contributed by atoms with Crippen LogP contribution >= 0.6 is 0 Å². The number of benzene rings is 2. The number of hydrogen-bond donors (Lipinski definition) is 2. The molecule has 2 aromatic carbocycles. The minimum absolute atomic E-state index is 0.184. The molecule has 1 atom stereocenters. The summed E-state index contributed by atoms with van der Waals surface area (Å²) in [5.41, 5.74) is 2.06. The molecular formula is C23H20N4O4. The van der Waals surface area contributed by atoms with Gasteiger partial charge < -0.3 is 19.6 Å². The summed E-state index contributed by atoms with van der Waals surface area (Å²) in [6.07, 6.45) is 4.70. The average Bonchev–Trinajstić information content (AvgIpc) is 3.23. The van der Waals surface area contributed by atoms with E-state index in [0.717, 1.165) is 11.3 Å². The van der Waals surface area contributed by atoms with Gasteiger partial charge in [0.25, 0.3) is 6.01 Å². The van der Waals surface area contributed by atoms with Crippen LogP contribution in [0.25, 0.3) is 22.6 Å². The molecule has 2 N–H and O–H groups in total. The quantitative estimate of drug-likeness (QED) is 0.424. The highest BCUT2D eigenvalue weighted by molar-refractivity contribution is 5.77. The Morgan fingerprint density at radius 2 is 1.71 bits per heavy atom. The van der Waals surface area contributed by atoms with Crippen molar-refractivity contribution in [1.82, 2.24) is 15.0 Å². The molecule has 4 aromatic rings. The van der Waals surface area contributed by atoms with E-state index < -0.39 is 11.9 Å². The topological polar surface area (TPSA) is 110 Å². The van der Waals surface area contributed by atoms with Gasteiger partial charge in [-0.25, -0.2) is 9.97 Å². The molecule has 2 aromatic heterocycles. The number of aliphatic carboxylic acids is 1. The molecular weight excluding hydrogens is 396 g/mol. The lowest BCUT2D eigenvalue weighted by Gasteiger charge is -2.06. The zero-order chi connectivity index (χ0) is 21.6. The highest BCUT2D eigenvalue weighted by atomic mass is 16.5. The molecule has 31 heavy (non-hydrogen) atoms. The number of ether oxygens (including phenoxy) is 1. The number of oxazole rings is 1. The van der Waals surface area contributed by atoms with Gasteiger partial charge in [-0.1, -0.05) is 25.1 Å². The van der Waals surface area contributed by atoms with E-state index in [1.807, 2.05) is 54.6 Å². The van der Waals surface area contributed by atoms with Gasteiger partial charge in [-0.3, -0.25) is 4.79 Å². The summed E-state index contributed by atoms with van der Waals surface area (Å²) < 4.78 is 11.7. The Kier molecular flexibility index (Phi) is 5.89. The van der Waals surface area contributed by atoms with Gasteiger partial charge >= 0.3 is 5.97 Å². The van der Waals surface area contributed by atoms with Crippen molar-refractivity contribution in [1.29, 1.82) is 0 Å². The summed E-state index contributed by atoms with van der Waals surface area (Å²) in [7, 11) is 0. The Hall–Kier alpha value is -4.20. The summed E-state index contributed by atoms with van der Waals surface area (Å²) >= 11 is 0. The average molecular weight is 416 g/mol. The van der Waals surface area contributed by atoms with Gasteiger partial charge in [0, 0.05) is 24.5 Å². The van der Waals surface area contributed by atoms with Crippen LogP contribution in [0.4, 0.5) is 6.01 Å². The fourth-order valence-corrected chi connectivity index (χ4v) is 2.84. The number of carboxylic acid groups (broad SMARTS) is 1. The highest BCUT2D eigenvalue weighted by Gasteiger charge is 2.19. The monoisotopic (exact) mass is 416 g/mol. The maximum absolute atomic E-state index is 11.1. The first-order valence-electron chi connectivity index (χ1n) is 9.66. The van der Waals surface area contributed by atoms with Crippen molar-refractivity contribution < 1.29 is 19.1 Å². The molecule has 0 radical (unpaired) electrons. The van der Waals surface area contributed by atoms with Gasteiger partial charge in [-0.05, 0) is 36.4 Å². The van der Waals surface area contributed by atoms with Crippen LogP contribution in [0.2, 0.25) is 0 Å². The van der Waals surface area contributed by atoms with Gasteiger partial charge in [0.2, 0.25) is 0 Å². The molecule has 1 unspecified atom stereocenters. The molecule has 0 aliphatic heterocycles. The van der Waals surface area contributed by atoms with Gasteiger partial charge in [0.15, 0.2) is 5.76 Å². The molecule has 0 saturated heterocycles. The summed E-state index contributed by atoms with van der Waals surface area (Å²) in [4.78, 5) is 23.7. The van der Waals surface area contributed by atoms with Crippen molar-refractivity contribution in [3.8, 4) is 34.1 Å². The van der Waals surface area contributed by atoms with E-state index in [1.54, 1.807) is 19.3 Å². The Labute approximate surface area is 178 Å². The number of para-hydroxylation sites is 1. The number of aromatic nitrogens is 3. The molecule has 4 rings (SSSR count). The fraction of sp³-hybridized carbons (Fsp3) is 0.130. The van der Waals surface area contributed by atoms with E-state index in [1.165, 1.54) is 6.33 Å². The summed E-state index contributed by atoms with van der Waals surface area (Å²) in [5, 5.41) is 12.0. The Morgan fingerprint density at radius 1 is 1.03 bits per heavy atom. The van der Waals surface area contributed by atoms with E-state index in [0.29, 0.717) is 22.8 Å². The molecule has 0 bridgehead atoms. The maximum atomic E-state index is 11.1. The van der Waals surface area contributed by atoms with Crippen LogP contribution < -0.4 is 10.1 Å². The standard InChI is InChI=1S/C23H20N4O4/c1-15(22(28)29)11-26-23-27-20(21(31-23)17-12-24-14-25-13-17)16-7-9-19(10-8-16)30-18-5-3-2-4-6-18/h2-10,12-15H,11H2,1H3,(H,26,27)(H,28,29). The van der Waals surface area contributed by atoms with E-state index in [9.17, 15) is 4.79 Å². The maximum Gasteiger partial charge on any atom is 0.308 e. The fourth-order valence-electron chi connectivity index (χ4n) is 2.84. The molecule has 0 fully saturated rings. The Balaban J connectivity index is 1.62. The normalized spacial score (nSPS) is 11.6. The molecule has 0 aliphatic rings. The summed E-state index contributed by atoms with van der Waals surface area (Å²) in [5.74, 6) is 0.440. The first-order chi connectivity index (χ1) is 15.1. The van der Waals surface area contributed by atoms with E-state index >= 15 is 0 Å². The number of hydrogen-bond acceptors (Lipinski definition) is 7. The highest BCUT2D eigenvalue weighted by Crippen LogP contribution is 2.35. The Bertz CT molecular complexity index is 1150. The Morgan fingerprint density at radius 3 is 2.39 bits per heavy atom. The molecule has 8 heteroatoms. The minimum atomic E-state index is -0.898. The van der Waals surface area contributed by atoms with Crippen molar-refractivity contribution >= 4 is 12.0 Å². The molecule has 2 heterocycles. The number of anilines is 1. The second-order valence-electron chi connectivity index (χ2n) is 6.88. The van der Waals surface area contributed by atoms with Crippen molar-refractivity contribution in [3.05, 3.63) is 73.3 Å². The van der Waals surface area contributed by atoms with Crippen LogP contribution in [0.3, 0.4) is 0 Å². The van der Waals surface area contributed by atoms with E-state index in [4.69, 9.17) is 14.3 Å². The lowest BCUT2D eigenvalue weighted by molar-refractivity contribution is -0.140. The van der Waals surface area contributed by atoms with Gasteiger partial charge in [0.05, 0.1) is 11.5 Å². The molecule has 0 aliphatic carbocycles. The van der Waals surface area contributed by atoms with Gasteiger partial charge in [0.1, 0.15) is 23.5 Å². The zero-order valence-corrected chi connectivity index (χ0v) is 16.7. The van der Waals surface area contributed by atoms with Crippen LogP contribution in [0.1, 0.15) is 6.92 Å². The largest absolute Gasteiger partial charge is 0.481 e. The third-order valence-electron chi connectivity index (χ3n) is 4.54. The van der Waals surface area contributed by atoms with E-state index in [-0.39, 0.29) is 12.6 Å². The lowest BCUT2D eigenvalue weighted by atomic mass is 10.1. The predicted octanol–water partition coefficient (Wildman–Crippen LogP) is 4.72. The van der Waals surface area contributed by atoms with Crippen LogP contribution in [-0.2, 0) is 4.79 Å². The number of rotatable bonds is 8. The van der Waals surface area contributed by atoms with Crippen molar-refractivity contribution in [2.24, 2.45) is 5.92 Å². The molecule has 0 spiro atoms. The third kappa shape index (κ3) is 4.87. The van der Waals surface area contributed by atoms with Gasteiger partial charge in [-0.15, -0.1) is 0 Å². The second-order valence-corrected chi connectivity index (χ2v) is 6.88. The van der Waals surface area contributed by atoms with Crippen molar-refractivity contribution in [2.75, 3.05) is 11.9 Å². The molecule has 0 amide bonds. The third-order valence-corrected chi connectivity index (χ3v) is 4.54. The molecule has 0 saturated carbocycles. The first kappa shape index (κ1) is 20.1. The SMILES string of the molecule is CC(CNc1nc(-c2ccc(Oc3ccccc3)cc2)c(-c2cncnc2)o1)C(=O)O. The van der Waals surface area contributed by atoms with Gasteiger partial charge in [-0.2, -0.15) is 4.98 Å². The van der Waals surface area contributed by atoms with Crippen molar-refractivity contribution in [3.63, 3.8) is 0 Å². The van der Waals surface area contributed by atoms with Crippen LogP contribution in [0.15, 0.2) is 77.7 Å². The number of nitrogens with one attached hydrogen (secondary N) is 1. The summed E-state index contributed by atoms with van der Waals surface area (Å²) in [6, 6.07) is 17.2. The second kappa shape index (κ2) is 9.08. The zero-order valence-electron chi connectivity index (χ0n) is 16.7.